The number of fused-ring (bicyclic) bond motifs is 1. The minimum absolute atomic E-state index is 0.0894. The number of carbonyl (C=O) groups excluding carboxylic acids is 3. The van der Waals surface area contributed by atoms with Crippen molar-refractivity contribution in [1.29, 1.82) is 0 Å². The maximum Gasteiger partial charge on any atom is 0.350 e. The molecule has 2 aliphatic rings. The van der Waals surface area contributed by atoms with Crippen LogP contribution >= 0.6 is 11.3 Å². The van der Waals surface area contributed by atoms with Crippen LogP contribution in [0.4, 0.5) is 5.13 Å². The Labute approximate surface area is 210 Å². The van der Waals surface area contributed by atoms with Crippen molar-refractivity contribution in [2.24, 2.45) is 0 Å². The summed E-state index contributed by atoms with van der Waals surface area (Å²) < 4.78 is 16.2. The minimum atomic E-state index is -0.958. The van der Waals surface area contributed by atoms with Gasteiger partial charge in [0.05, 0.1) is 23.9 Å². The van der Waals surface area contributed by atoms with E-state index in [2.05, 4.69) is 4.98 Å². The zero-order chi connectivity index (χ0) is 25.4. The number of hydrogen-bond acceptors (Lipinski definition) is 9. The first-order chi connectivity index (χ1) is 17.4. The van der Waals surface area contributed by atoms with Gasteiger partial charge in [-0.1, -0.05) is 41.7 Å². The maximum absolute atomic E-state index is 13.3. The number of carbonyl (C=O) groups is 3. The number of thiazole rings is 1. The monoisotopic (exact) mass is 506 g/mol. The third-order valence-electron chi connectivity index (χ3n) is 5.83. The van der Waals surface area contributed by atoms with Crippen LogP contribution in [0.3, 0.4) is 0 Å². The van der Waals surface area contributed by atoms with Crippen molar-refractivity contribution < 1.29 is 33.7 Å². The molecule has 0 radical (unpaired) electrons. The molecule has 5 rings (SSSR count). The van der Waals surface area contributed by atoms with E-state index < -0.39 is 23.7 Å². The molecule has 0 bridgehead atoms. The molecule has 0 aliphatic carbocycles. The number of aliphatic hydroxyl groups is 1. The quantitative estimate of drug-likeness (QED) is 0.239. The van der Waals surface area contributed by atoms with E-state index in [1.807, 2.05) is 6.07 Å². The van der Waals surface area contributed by atoms with E-state index in [4.69, 9.17) is 14.2 Å². The Morgan fingerprint density at radius 2 is 1.86 bits per heavy atom. The Balaban J connectivity index is 1.65. The molecule has 1 amide bonds. The highest BCUT2D eigenvalue weighted by atomic mass is 32.1. The molecule has 184 valence electrons. The summed E-state index contributed by atoms with van der Waals surface area (Å²) in [5.41, 5.74) is 1.20. The number of nitrogens with zero attached hydrogens (tertiary/aromatic N) is 2. The molecule has 1 atom stereocenters. The summed E-state index contributed by atoms with van der Waals surface area (Å²) in [5, 5.41) is 11.5. The minimum Gasteiger partial charge on any atom is -0.507 e. The lowest BCUT2D eigenvalue weighted by molar-refractivity contribution is -0.132. The standard InChI is InChI=1S/C26H22N2O7S/c1-3-33-25(32)23-14(2)27-26(36-23)28-20(15-7-5-4-6-8-15)19(22(30)24(28)31)21(29)16-9-10-17-18(13-16)35-12-11-34-17/h4-10,13,20,29H,3,11-12H2,1-2H3. The van der Waals surface area contributed by atoms with Crippen LogP contribution in [-0.2, 0) is 14.3 Å². The van der Waals surface area contributed by atoms with Gasteiger partial charge >= 0.3 is 11.9 Å². The predicted octanol–water partition coefficient (Wildman–Crippen LogP) is 4.03. The number of rotatable bonds is 5. The van der Waals surface area contributed by atoms with Crippen molar-refractivity contribution in [3.63, 3.8) is 0 Å². The molecule has 2 aliphatic heterocycles. The largest absolute Gasteiger partial charge is 0.507 e. The van der Waals surface area contributed by atoms with Crippen molar-refractivity contribution >= 4 is 39.9 Å². The second kappa shape index (κ2) is 9.46. The van der Waals surface area contributed by atoms with Crippen LogP contribution in [-0.4, -0.2) is 47.6 Å². The lowest BCUT2D eigenvalue weighted by Gasteiger charge is -2.23. The van der Waals surface area contributed by atoms with E-state index in [1.165, 1.54) is 4.90 Å². The highest BCUT2D eigenvalue weighted by Gasteiger charge is 2.48. The Kier molecular flexibility index (Phi) is 6.19. The molecule has 0 saturated carbocycles. The van der Waals surface area contributed by atoms with Crippen molar-refractivity contribution in [2.75, 3.05) is 24.7 Å². The van der Waals surface area contributed by atoms with Crippen LogP contribution in [0.25, 0.3) is 5.76 Å². The number of hydrogen-bond donors (Lipinski definition) is 1. The van der Waals surface area contributed by atoms with Gasteiger partial charge in [-0.2, -0.15) is 0 Å². The molecule has 3 heterocycles. The van der Waals surface area contributed by atoms with E-state index in [-0.39, 0.29) is 27.9 Å². The zero-order valence-electron chi connectivity index (χ0n) is 19.5. The molecule has 1 N–H and O–H groups in total. The van der Waals surface area contributed by atoms with Crippen molar-refractivity contribution in [1.82, 2.24) is 4.98 Å². The van der Waals surface area contributed by atoms with E-state index in [9.17, 15) is 19.5 Å². The second-order valence-electron chi connectivity index (χ2n) is 8.07. The summed E-state index contributed by atoms with van der Waals surface area (Å²) in [4.78, 5) is 44.9. The van der Waals surface area contributed by atoms with Crippen LogP contribution in [0, 0.1) is 6.92 Å². The summed E-state index contributed by atoms with van der Waals surface area (Å²) in [7, 11) is 0. The molecule has 10 heteroatoms. The Morgan fingerprint density at radius 1 is 1.14 bits per heavy atom. The molecule has 1 unspecified atom stereocenters. The molecular formula is C26H22N2O7S. The number of anilines is 1. The van der Waals surface area contributed by atoms with Crippen LogP contribution in [0.5, 0.6) is 11.5 Å². The molecule has 9 nitrogen and oxygen atoms in total. The Hall–Kier alpha value is -4.18. The van der Waals surface area contributed by atoms with Crippen LogP contribution in [0.15, 0.2) is 54.1 Å². The number of amides is 1. The van der Waals surface area contributed by atoms with Gasteiger partial charge in [-0.05, 0) is 37.6 Å². The fourth-order valence-corrected chi connectivity index (χ4v) is 5.19. The van der Waals surface area contributed by atoms with Gasteiger partial charge in [0, 0.05) is 5.56 Å². The molecule has 3 aromatic rings. The summed E-state index contributed by atoms with van der Waals surface area (Å²) in [5.74, 6) is -1.65. The lowest BCUT2D eigenvalue weighted by Crippen LogP contribution is -2.29. The summed E-state index contributed by atoms with van der Waals surface area (Å²) in [6.45, 7) is 4.29. The van der Waals surface area contributed by atoms with Gasteiger partial charge < -0.3 is 19.3 Å². The number of esters is 1. The van der Waals surface area contributed by atoms with Gasteiger partial charge in [0.25, 0.3) is 5.78 Å². The van der Waals surface area contributed by atoms with Crippen LogP contribution in [0.1, 0.15) is 39.5 Å². The SMILES string of the molecule is CCOC(=O)c1sc(N2C(=O)C(=O)C(=C(O)c3ccc4c(c3)OCCO4)C2c2ccccc2)nc1C. The van der Waals surface area contributed by atoms with E-state index in [0.29, 0.717) is 41.5 Å². The summed E-state index contributed by atoms with van der Waals surface area (Å²) >= 11 is 0.964. The predicted molar refractivity (Wildman–Crippen MR) is 131 cm³/mol. The summed E-state index contributed by atoms with van der Waals surface area (Å²) in [6, 6.07) is 12.7. The smallest absolute Gasteiger partial charge is 0.350 e. The van der Waals surface area contributed by atoms with E-state index >= 15 is 0 Å². The van der Waals surface area contributed by atoms with E-state index in [1.54, 1.807) is 56.3 Å². The number of ether oxygens (including phenoxy) is 3. The number of aromatic nitrogens is 1. The third kappa shape index (κ3) is 3.99. The van der Waals surface area contributed by atoms with Crippen LogP contribution < -0.4 is 14.4 Å². The van der Waals surface area contributed by atoms with Crippen molar-refractivity contribution in [2.45, 2.75) is 19.9 Å². The van der Waals surface area contributed by atoms with Gasteiger partial charge in [-0.15, -0.1) is 0 Å². The van der Waals surface area contributed by atoms with E-state index in [0.717, 1.165) is 11.3 Å². The highest BCUT2D eigenvalue weighted by Crippen LogP contribution is 2.44. The average Bonchev–Trinajstić information content (AvgIpc) is 3.40. The first-order valence-electron chi connectivity index (χ1n) is 11.3. The van der Waals surface area contributed by atoms with Crippen molar-refractivity contribution in [3.8, 4) is 11.5 Å². The fraction of sp³-hybridized carbons (Fsp3) is 0.231. The molecule has 1 saturated heterocycles. The molecule has 0 spiro atoms. The molecule has 1 fully saturated rings. The van der Waals surface area contributed by atoms with Gasteiger partial charge in [0.15, 0.2) is 16.6 Å². The number of aryl methyl sites for hydroxylation is 1. The number of benzene rings is 2. The van der Waals surface area contributed by atoms with Gasteiger partial charge in [0.1, 0.15) is 23.9 Å². The Bertz CT molecular complexity index is 1400. The van der Waals surface area contributed by atoms with Gasteiger partial charge in [0.2, 0.25) is 0 Å². The molecule has 1 aromatic heterocycles. The fourth-order valence-electron chi connectivity index (χ4n) is 4.20. The van der Waals surface area contributed by atoms with Crippen molar-refractivity contribution in [3.05, 3.63) is 75.8 Å². The third-order valence-corrected chi connectivity index (χ3v) is 6.96. The number of ketones is 1. The normalized spacial score (nSPS) is 18.4. The zero-order valence-corrected chi connectivity index (χ0v) is 20.3. The molecule has 2 aromatic carbocycles. The number of Topliss-reactive ketones (excluding diaryl/α,β-unsaturated/α-hetero) is 1. The topological polar surface area (TPSA) is 115 Å². The number of aliphatic hydroxyl groups excluding tert-OH is 1. The first-order valence-corrected chi connectivity index (χ1v) is 12.1. The van der Waals surface area contributed by atoms with Gasteiger partial charge in [-0.3, -0.25) is 14.5 Å². The lowest BCUT2D eigenvalue weighted by atomic mass is 9.95. The van der Waals surface area contributed by atoms with Crippen LogP contribution in [0.2, 0.25) is 0 Å². The second-order valence-corrected chi connectivity index (χ2v) is 9.05. The summed E-state index contributed by atoms with van der Waals surface area (Å²) in [6.07, 6.45) is 0. The maximum atomic E-state index is 13.3. The average molecular weight is 507 g/mol. The molecule has 36 heavy (non-hydrogen) atoms. The molecular weight excluding hydrogens is 484 g/mol. The van der Waals surface area contributed by atoms with Gasteiger partial charge in [-0.25, -0.2) is 9.78 Å². The highest BCUT2D eigenvalue weighted by molar-refractivity contribution is 7.17. The Morgan fingerprint density at radius 3 is 2.58 bits per heavy atom. The first kappa shape index (κ1) is 23.6.